The Morgan fingerprint density at radius 3 is 2.44 bits per heavy atom. The van der Waals surface area contributed by atoms with Gasteiger partial charge in [-0.1, -0.05) is 36.4 Å². The van der Waals surface area contributed by atoms with Gasteiger partial charge in [0.1, 0.15) is 5.75 Å². The molecular weight excluding hydrogens is 444 g/mol. The number of carbonyl (C=O) groups is 1. The molecule has 0 saturated carbocycles. The van der Waals surface area contributed by atoms with E-state index in [1.54, 1.807) is 29.5 Å². The van der Waals surface area contributed by atoms with Crippen LogP contribution in [-0.2, 0) is 21.2 Å². The lowest BCUT2D eigenvalue weighted by molar-refractivity contribution is -0.119. The second-order valence-corrected chi connectivity index (χ2v) is 10.2. The topological polar surface area (TPSA) is 75.7 Å². The lowest BCUT2D eigenvalue weighted by Crippen LogP contribution is -2.33. The van der Waals surface area contributed by atoms with Gasteiger partial charge < -0.3 is 9.64 Å². The fraction of sp³-hybridized carbons (Fsp3) is 0.292. The van der Waals surface area contributed by atoms with E-state index < -0.39 is 15.9 Å². The number of nitrogens with one attached hydrogen (secondary N) is 1. The largest absolute Gasteiger partial charge is 0.494 e. The Labute approximate surface area is 193 Å². The maximum absolute atomic E-state index is 12.2. The van der Waals surface area contributed by atoms with Gasteiger partial charge in [0.2, 0.25) is 5.91 Å². The molecule has 0 aliphatic heterocycles. The van der Waals surface area contributed by atoms with Gasteiger partial charge in [0.25, 0.3) is 10.0 Å². The number of ether oxygens (including phenoxy) is 1. The molecule has 8 heteroatoms. The standard InChI is InChI=1S/C24H28N2O4S2/c1-26(16-14-24(27)25-32(28,29)23-8-3-2-4-9-23)15-6-17-30-21-12-10-20(11-13-21)19-22-7-5-18-31-22/h2-5,7-13,18H,6,14-17,19H2,1H3,(H,25,27). The lowest BCUT2D eigenvalue weighted by atomic mass is 10.1. The van der Waals surface area contributed by atoms with Gasteiger partial charge in [-0.15, -0.1) is 11.3 Å². The summed E-state index contributed by atoms with van der Waals surface area (Å²) in [5.74, 6) is 0.327. The van der Waals surface area contributed by atoms with Crippen LogP contribution in [0.3, 0.4) is 0 Å². The number of carbonyl (C=O) groups excluding carboxylic acids is 1. The highest BCUT2D eigenvalue weighted by molar-refractivity contribution is 7.90. The third-order valence-corrected chi connectivity index (χ3v) is 7.12. The van der Waals surface area contributed by atoms with Gasteiger partial charge in [0.15, 0.2) is 0 Å². The number of rotatable bonds is 12. The van der Waals surface area contributed by atoms with Gasteiger partial charge >= 0.3 is 0 Å². The predicted molar refractivity (Wildman–Crippen MR) is 128 cm³/mol. The van der Waals surface area contributed by atoms with E-state index in [1.807, 2.05) is 24.1 Å². The Balaban J connectivity index is 1.31. The van der Waals surface area contributed by atoms with Crippen molar-refractivity contribution < 1.29 is 17.9 Å². The number of sulfonamides is 1. The molecule has 3 aromatic rings. The summed E-state index contributed by atoms with van der Waals surface area (Å²) in [6, 6.07) is 20.2. The van der Waals surface area contributed by atoms with E-state index in [0.29, 0.717) is 13.2 Å². The molecule has 1 heterocycles. The molecule has 0 aliphatic carbocycles. The Kier molecular flexibility index (Phi) is 8.84. The predicted octanol–water partition coefficient (Wildman–Crippen LogP) is 3.93. The summed E-state index contributed by atoms with van der Waals surface area (Å²) in [5, 5.41) is 2.09. The van der Waals surface area contributed by atoms with Crippen molar-refractivity contribution >= 4 is 27.3 Å². The van der Waals surface area contributed by atoms with Crippen LogP contribution in [0.2, 0.25) is 0 Å². The van der Waals surface area contributed by atoms with E-state index >= 15 is 0 Å². The molecule has 2 aromatic carbocycles. The highest BCUT2D eigenvalue weighted by atomic mass is 32.2. The normalized spacial score (nSPS) is 11.4. The molecule has 6 nitrogen and oxygen atoms in total. The van der Waals surface area contributed by atoms with Crippen LogP contribution in [0, 0.1) is 0 Å². The minimum absolute atomic E-state index is 0.0819. The zero-order chi connectivity index (χ0) is 22.8. The molecule has 1 aromatic heterocycles. The number of thiophene rings is 1. The van der Waals surface area contributed by atoms with Gasteiger partial charge in [-0.05, 0) is 54.7 Å². The summed E-state index contributed by atoms with van der Waals surface area (Å²) in [5.41, 5.74) is 1.26. The third kappa shape index (κ3) is 7.78. The van der Waals surface area contributed by atoms with Crippen molar-refractivity contribution in [1.29, 1.82) is 0 Å². The number of nitrogens with zero attached hydrogens (tertiary/aromatic N) is 1. The van der Waals surface area contributed by atoms with Crippen molar-refractivity contribution in [3.63, 3.8) is 0 Å². The van der Waals surface area contributed by atoms with Crippen molar-refractivity contribution in [1.82, 2.24) is 9.62 Å². The molecule has 32 heavy (non-hydrogen) atoms. The van der Waals surface area contributed by atoms with Crippen molar-refractivity contribution in [2.24, 2.45) is 0 Å². The second kappa shape index (κ2) is 11.8. The molecule has 0 fully saturated rings. The molecule has 1 N–H and O–H groups in total. The van der Waals surface area contributed by atoms with Crippen molar-refractivity contribution in [2.75, 3.05) is 26.7 Å². The molecule has 0 atom stereocenters. The van der Waals surface area contributed by atoms with E-state index in [1.165, 1.54) is 22.6 Å². The molecule has 0 spiro atoms. The fourth-order valence-electron chi connectivity index (χ4n) is 3.11. The van der Waals surface area contributed by atoms with Gasteiger partial charge in [0, 0.05) is 30.8 Å². The number of hydrogen-bond acceptors (Lipinski definition) is 6. The first kappa shape index (κ1) is 24.0. The average molecular weight is 473 g/mol. The van der Waals surface area contributed by atoms with Crippen LogP contribution >= 0.6 is 11.3 Å². The van der Waals surface area contributed by atoms with Gasteiger partial charge in [-0.2, -0.15) is 0 Å². The van der Waals surface area contributed by atoms with Crippen LogP contribution < -0.4 is 9.46 Å². The molecule has 1 amide bonds. The zero-order valence-electron chi connectivity index (χ0n) is 18.1. The molecule has 0 unspecified atom stereocenters. The Morgan fingerprint density at radius 2 is 1.75 bits per heavy atom. The summed E-state index contributed by atoms with van der Waals surface area (Å²) < 4.78 is 32.3. The van der Waals surface area contributed by atoms with Crippen LogP contribution in [0.15, 0.2) is 77.0 Å². The van der Waals surface area contributed by atoms with Crippen LogP contribution in [0.1, 0.15) is 23.3 Å². The van der Waals surface area contributed by atoms with E-state index in [9.17, 15) is 13.2 Å². The average Bonchev–Trinajstić information content (AvgIpc) is 3.30. The number of benzene rings is 2. The first-order chi connectivity index (χ1) is 15.4. The SMILES string of the molecule is CN(CCCOc1ccc(Cc2cccs2)cc1)CCC(=O)NS(=O)(=O)c1ccccc1. The van der Waals surface area contributed by atoms with Crippen LogP contribution in [0.5, 0.6) is 5.75 Å². The summed E-state index contributed by atoms with van der Waals surface area (Å²) in [6.07, 6.45) is 1.84. The molecule has 0 aliphatic rings. The van der Waals surface area contributed by atoms with Crippen molar-refractivity contribution in [3.05, 3.63) is 82.6 Å². The first-order valence-corrected chi connectivity index (χ1v) is 12.8. The fourth-order valence-corrected chi connectivity index (χ4v) is 4.88. The van der Waals surface area contributed by atoms with E-state index in [-0.39, 0.29) is 11.3 Å². The summed E-state index contributed by atoms with van der Waals surface area (Å²) >= 11 is 1.76. The number of hydrogen-bond donors (Lipinski definition) is 1. The highest BCUT2D eigenvalue weighted by Gasteiger charge is 2.17. The van der Waals surface area contributed by atoms with Crippen LogP contribution in [0.25, 0.3) is 0 Å². The smallest absolute Gasteiger partial charge is 0.264 e. The Bertz CT molecular complexity index is 1070. The van der Waals surface area contributed by atoms with Gasteiger partial charge in [0.05, 0.1) is 11.5 Å². The molecular formula is C24H28N2O4S2. The molecule has 0 radical (unpaired) electrons. The summed E-state index contributed by atoms with van der Waals surface area (Å²) in [4.78, 5) is 15.4. The maximum atomic E-state index is 12.2. The van der Waals surface area contributed by atoms with Gasteiger partial charge in [-0.3, -0.25) is 4.79 Å². The zero-order valence-corrected chi connectivity index (χ0v) is 19.7. The second-order valence-electron chi connectivity index (χ2n) is 7.50. The molecule has 0 bridgehead atoms. The summed E-state index contributed by atoms with van der Waals surface area (Å²) in [6.45, 7) is 1.78. The third-order valence-electron chi connectivity index (χ3n) is 4.86. The van der Waals surface area contributed by atoms with E-state index in [4.69, 9.17) is 4.74 Å². The maximum Gasteiger partial charge on any atom is 0.264 e. The van der Waals surface area contributed by atoms with Crippen LogP contribution in [-0.4, -0.2) is 46.0 Å². The van der Waals surface area contributed by atoms with Crippen molar-refractivity contribution in [3.8, 4) is 5.75 Å². The molecule has 3 rings (SSSR count). The van der Waals surface area contributed by atoms with Crippen molar-refractivity contribution in [2.45, 2.75) is 24.2 Å². The Hall–Kier alpha value is -2.68. The minimum Gasteiger partial charge on any atom is -0.494 e. The number of amides is 1. The highest BCUT2D eigenvalue weighted by Crippen LogP contribution is 2.18. The lowest BCUT2D eigenvalue weighted by Gasteiger charge is -2.16. The van der Waals surface area contributed by atoms with E-state index in [0.717, 1.165) is 25.1 Å². The minimum atomic E-state index is -3.81. The first-order valence-electron chi connectivity index (χ1n) is 10.5. The van der Waals surface area contributed by atoms with Gasteiger partial charge in [-0.25, -0.2) is 13.1 Å². The summed E-state index contributed by atoms with van der Waals surface area (Å²) in [7, 11) is -1.91. The molecule has 0 saturated heterocycles. The molecule has 170 valence electrons. The monoisotopic (exact) mass is 472 g/mol. The van der Waals surface area contributed by atoms with E-state index in [2.05, 4.69) is 34.4 Å². The quantitative estimate of drug-likeness (QED) is 0.404. The van der Waals surface area contributed by atoms with Crippen LogP contribution in [0.4, 0.5) is 0 Å². The Morgan fingerprint density at radius 1 is 1.00 bits per heavy atom.